The molecule has 17 heavy (non-hydrogen) atoms. The Bertz CT molecular complexity index is 353. The second-order valence-electron chi connectivity index (χ2n) is 4.84. The van der Waals surface area contributed by atoms with Crippen molar-refractivity contribution in [2.75, 3.05) is 18.0 Å². The zero-order chi connectivity index (χ0) is 12.3. The van der Waals surface area contributed by atoms with E-state index in [2.05, 4.69) is 20.9 Å². The van der Waals surface area contributed by atoms with Crippen LogP contribution in [0.5, 0.6) is 0 Å². The van der Waals surface area contributed by atoms with Gasteiger partial charge in [-0.15, -0.1) is 0 Å². The van der Waals surface area contributed by atoms with Gasteiger partial charge in [-0.25, -0.2) is 9.97 Å². The van der Waals surface area contributed by atoms with Crippen LogP contribution < -0.4 is 10.6 Å². The quantitative estimate of drug-likeness (QED) is 0.844. The number of nitrogens with zero attached hydrogens (tertiary/aromatic N) is 3. The van der Waals surface area contributed by atoms with E-state index in [4.69, 9.17) is 5.73 Å². The smallest absolute Gasteiger partial charge is 0.132 e. The molecule has 1 fully saturated rings. The van der Waals surface area contributed by atoms with Gasteiger partial charge in [0.25, 0.3) is 0 Å². The third-order valence-corrected chi connectivity index (χ3v) is 3.37. The highest BCUT2D eigenvalue weighted by Crippen LogP contribution is 2.28. The summed E-state index contributed by atoms with van der Waals surface area (Å²) >= 11 is 0. The Morgan fingerprint density at radius 2 is 2.12 bits per heavy atom. The molecule has 0 unspecified atom stereocenters. The molecule has 1 aliphatic rings. The lowest BCUT2D eigenvalue weighted by atomic mass is 9.91. The molecule has 0 aliphatic heterocycles. The summed E-state index contributed by atoms with van der Waals surface area (Å²) in [5.74, 6) is 1.94. The molecule has 0 saturated heterocycles. The number of aromatic nitrogens is 2. The Labute approximate surface area is 103 Å². The zero-order valence-corrected chi connectivity index (χ0v) is 10.8. The van der Waals surface area contributed by atoms with E-state index in [1.807, 2.05) is 13.8 Å². The van der Waals surface area contributed by atoms with Crippen molar-refractivity contribution >= 4 is 5.82 Å². The van der Waals surface area contributed by atoms with Crippen LogP contribution in [0.4, 0.5) is 5.82 Å². The van der Waals surface area contributed by atoms with Crippen molar-refractivity contribution in [3.8, 4) is 0 Å². The lowest BCUT2D eigenvalue weighted by Crippen LogP contribution is -2.42. The van der Waals surface area contributed by atoms with Gasteiger partial charge in [-0.1, -0.05) is 0 Å². The van der Waals surface area contributed by atoms with Gasteiger partial charge in [-0.2, -0.15) is 0 Å². The van der Waals surface area contributed by atoms with Crippen LogP contribution >= 0.6 is 0 Å². The molecule has 1 aliphatic carbocycles. The summed E-state index contributed by atoms with van der Waals surface area (Å²) in [6.07, 6.45) is 4.94. The molecule has 1 aromatic rings. The topological polar surface area (TPSA) is 55.0 Å². The summed E-state index contributed by atoms with van der Waals surface area (Å²) < 4.78 is 0. The van der Waals surface area contributed by atoms with E-state index in [1.54, 1.807) is 0 Å². The van der Waals surface area contributed by atoms with E-state index in [0.717, 1.165) is 36.8 Å². The average molecular weight is 234 g/mol. The minimum absolute atomic E-state index is 0.662. The molecule has 2 rings (SSSR count). The summed E-state index contributed by atoms with van der Waals surface area (Å²) in [7, 11) is 0. The van der Waals surface area contributed by atoms with E-state index in [9.17, 15) is 0 Å². The minimum atomic E-state index is 0.662. The van der Waals surface area contributed by atoms with Gasteiger partial charge < -0.3 is 10.6 Å². The fraction of sp³-hybridized carbons (Fsp3) is 0.692. The first-order chi connectivity index (χ1) is 8.20. The minimum Gasteiger partial charge on any atom is -0.353 e. The number of aryl methyl sites for hydroxylation is 2. The summed E-state index contributed by atoms with van der Waals surface area (Å²) in [5.41, 5.74) is 6.66. The predicted molar refractivity (Wildman–Crippen MR) is 70.2 cm³/mol. The van der Waals surface area contributed by atoms with Gasteiger partial charge in [0.05, 0.1) is 0 Å². The maximum absolute atomic E-state index is 5.61. The van der Waals surface area contributed by atoms with Gasteiger partial charge >= 0.3 is 0 Å². The summed E-state index contributed by atoms with van der Waals surface area (Å²) in [4.78, 5) is 11.3. The van der Waals surface area contributed by atoms with Crippen molar-refractivity contribution in [2.24, 2.45) is 5.73 Å². The molecule has 2 N–H and O–H groups in total. The third kappa shape index (κ3) is 2.94. The van der Waals surface area contributed by atoms with Crippen LogP contribution in [-0.4, -0.2) is 29.1 Å². The molecule has 0 atom stereocenters. The van der Waals surface area contributed by atoms with Gasteiger partial charge in [0.2, 0.25) is 0 Å². The summed E-state index contributed by atoms with van der Waals surface area (Å²) in [6, 6.07) is 2.75. The fourth-order valence-electron chi connectivity index (χ4n) is 2.29. The SMILES string of the molecule is Cc1cc(N(CCCN)C2CCC2)nc(C)n1. The van der Waals surface area contributed by atoms with Gasteiger partial charge in [0.15, 0.2) is 0 Å². The van der Waals surface area contributed by atoms with Crippen LogP contribution in [0.3, 0.4) is 0 Å². The number of anilines is 1. The molecule has 0 radical (unpaired) electrons. The second kappa shape index (κ2) is 5.45. The van der Waals surface area contributed by atoms with Crippen molar-refractivity contribution in [3.05, 3.63) is 17.6 Å². The maximum atomic E-state index is 5.61. The Morgan fingerprint density at radius 1 is 1.35 bits per heavy atom. The van der Waals surface area contributed by atoms with Gasteiger partial charge in [-0.05, 0) is 46.1 Å². The molecule has 1 saturated carbocycles. The lowest BCUT2D eigenvalue weighted by Gasteiger charge is -2.38. The van der Waals surface area contributed by atoms with Gasteiger partial charge in [0.1, 0.15) is 11.6 Å². The Morgan fingerprint density at radius 3 is 2.65 bits per heavy atom. The molecule has 0 spiro atoms. The number of nitrogens with two attached hydrogens (primary N) is 1. The number of rotatable bonds is 5. The lowest BCUT2D eigenvalue weighted by molar-refractivity contribution is 0.382. The summed E-state index contributed by atoms with van der Waals surface area (Å²) in [6.45, 7) is 5.74. The van der Waals surface area contributed by atoms with Crippen LogP contribution in [0.15, 0.2) is 6.07 Å². The van der Waals surface area contributed by atoms with Crippen LogP contribution in [0.25, 0.3) is 0 Å². The van der Waals surface area contributed by atoms with Crippen molar-refractivity contribution in [3.63, 3.8) is 0 Å². The molecule has 94 valence electrons. The predicted octanol–water partition coefficient (Wildman–Crippen LogP) is 1.80. The van der Waals surface area contributed by atoms with Crippen molar-refractivity contribution in [1.29, 1.82) is 0 Å². The van der Waals surface area contributed by atoms with Crippen LogP contribution in [-0.2, 0) is 0 Å². The highest BCUT2D eigenvalue weighted by atomic mass is 15.2. The number of hydrogen-bond donors (Lipinski definition) is 1. The number of hydrogen-bond acceptors (Lipinski definition) is 4. The van der Waals surface area contributed by atoms with Crippen molar-refractivity contribution < 1.29 is 0 Å². The van der Waals surface area contributed by atoms with Crippen LogP contribution in [0, 0.1) is 13.8 Å². The first kappa shape index (κ1) is 12.3. The molecule has 0 bridgehead atoms. The monoisotopic (exact) mass is 234 g/mol. The first-order valence-electron chi connectivity index (χ1n) is 6.49. The van der Waals surface area contributed by atoms with Gasteiger partial charge in [-0.3, -0.25) is 0 Å². The molecule has 0 aromatic carbocycles. The molecule has 4 heteroatoms. The largest absolute Gasteiger partial charge is 0.353 e. The molecule has 0 amide bonds. The molecule has 1 heterocycles. The van der Waals surface area contributed by atoms with E-state index < -0.39 is 0 Å². The Hall–Kier alpha value is -1.16. The fourth-order valence-corrected chi connectivity index (χ4v) is 2.29. The average Bonchev–Trinajstić information content (AvgIpc) is 2.19. The zero-order valence-electron chi connectivity index (χ0n) is 10.8. The standard InChI is InChI=1S/C13H22N4/c1-10-9-13(16-11(2)15-10)17(8-4-7-14)12-5-3-6-12/h9,12H,3-8,14H2,1-2H3. The van der Waals surface area contributed by atoms with E-state index >= 15 is 0 Å². The Balaban J connectivity index is 2.17. The first-order valence-corrected chi connectivity index (χ1v) is 6.49. The maximum Gasteiger partial charge on any atom is 0.132 e. The van der Waals surface area contributed by atoms with Crippen LogP contribution in [0.1, 0.15) is 37.2 Å². The van der Waals surface area contributed by atoms with Crippen molar-refractivity contribution in [1.82, 2.24) is 9.97 Å². The van der Waals surface area contributed by atoms with E-state index in [-0.39, 0.29) is 0 Å². The van der Waals surface area contributed by atoms with E-state index in [1.165, 1.54) is 19.3 Å². The van der Waals surface area contributed by atoms with Crippen LogP contribution in [0.2, 0.25) is 0 Å². The highest BCUT2D eigenvalue weighted by molar-refractivity contribution is 5.41. The summed E-state index contributed by atoms with van der Waals surface area (Å²) in [5, 5.41) is 0. The molecule has 1 aromatic heterocycles. The normalized spacial score (nSPS) is 15.7. The Kier molecular flexibility index (Phi) is 3.94. The molecule has 4 nitrogen and oxygen atoms in total. The third-order valence-electron chi connectivity index (χ3n) is 3.37. The van der Waals surface area contributed by atoms with Crippen molar-refractivity contribution in [2.45, 2.75) is 45.6 Å². The second-order valence-corrected chi connectivity index (χ2v) is 4.84. The molecular formula is C13H22N4. The van der Waals surface area contributed by atoms with Gasteiger partial charge in [0, 0.05) is 24.3 Å². The highest BCUT2D eigenvalue weighted by Gasteiger charge is 2.25. The molecular weight excluding hydrogens is 212 g/mol. The van der Waals surface area contributed by atoms with E-state index in [0.29, 0.717) is 6.04 Å².